The number of aromatic nitrogens is 2. The van der Waals surface area contributed by atoms with E-state index in [2.05, 4.69) is 194 Å². The van der Waals surface area contributed by atoms with Crippen molar-refractivity contribution in [2.45, 2.75) is 5.41 Å². The molecule has 0 fully saturated rings. The minimum atomic E-state index is -0.705. The van der Waals surface area contributed by atoms with Crippen molar-refractivity contribution >= 4 is 0 Å². The van der Waals surface area contributed by atoms with Crippen molar-refractivity contribution in [3.8, 4) is 67.7 Å². The van der Waals surface area contributed by atoms with Crippen molar-refractivity contribution < 1.29 is 4.74 Å². The van der Waals surface area contributed by atoms with E-state index in [-0.39, 0.29) is 0 Å². The fraction of sp³-hybridized carbons (Fsp3) is 0.0189. The molecule has 1 aliphatic heterocycles. The zero-order valence-corrected chi connectivity index (χ0v) is 30.6. The second-order valence-corrected chi connectivity index (χ2v) is 14.1. The highest BCUT2D eigenvalue weighted by Crippen LogP contribution is 2.56. The maximum Gasteiger partial charge on any atom is 0.160 e. The molecule has 264 valence electrons. The Morgan fingerprint density at radius 2 is 0.732 bits per heavy atom. The number of fused-ring (bicyclic) bond motifs is 2. The third-order valence-electron chi connectivity index (χ3n) is 10.9. The first-order valence-corrected chi connectivity index (χ1v) is 19.0. The van der Waals surface area contributed by atoms with Crippen LogP contribution in [0.5, 0.6) is 11.5 Å². The Morgan fingerprint density at radius 1 is 0.321 bits per heavy atom. The minimum Gasteiger partial charge on any atom is -0.457 e. The average molecular weight is 717 g/mol. The van der Waals surface area contributed by atoms with E-state index in [1.54, 1.807) is 0 Å². The molecular formula is C53H36N2O. The van der Waals surface area contributed by atoms with Gasteiger partial charge in [0.25, 0.3) is 0 Å². The van der Waals surface area contributed by atoms with Gasteiger partial charge in [-0.1, -0.05) is 200 Å². The Bertz CT molecular complexity index is 2650. The summed E-state index contributed by atoms with van der Waals surface area (Å²) in [6.07, 6.45) is 0. The molecule has 0 spiro atoms. The van der Waals surface area contributed by atoms with Crippen LogP contribution in [0.25, 0.3) is 56.2 Å². The van der Waals surface area contributed by atoms with Crippen LogP contribution in [0.4, 0.5) is 0 Å². The first kappa shape index (κ1) is 33.2. The molecule has 0 N–H and O–H groups in total. The number of hydrogen-bond acceptors (Lipinski definition) is 3. The molecule has 3 heteroatoms. The largest absolute Gasteiger partial charge is 0.457 e. The van der Waals surface area contributed by atoms with Crippen LogP contribution in [0.15, 0.2) is 218 Å². The third-order valence-corrected chi connectivity index (χ3v) is 10.9. The van der Waals surface area contributed by atoms with E-state index in [9.17, 15) is 0 Å². The van der Waals surface area contributed by atoms with Gasteiger partial charge in [0.15, 0.2) is 5.82 Å². The van der Waals surface area contributed by atoms with Crippen LogP contribution in [0, 0.1) is 0 Å². The van der Waals surface area contributed by atoms with Gasteiger partial charge in [0.2, 0.25) is 0 Å². The first-order chi connectivity index (χ1) is 27.8. The lowest BCUT2D eigenvalue weighted by Gasteiger charge is -2.42. The van der Waals surface area contributed by atoms with Gasteiger partial charge in [-0.05, 0) is 51.6 Å². The van der Waals surface area contributed by atoms with Crippen molar-refractivity contribution in [2.24, 2.45) is 0 Å². The second kappa shape index (κ2) is 14.1. The smallest absolute Gasteiger partial charge is 0.160 e. The zero-order chi connectivity index (χ0) is 37.3. The normalized spacial score (nSPS) is 12.6. The Hall–Kier alpha value is -7.36. The monoisotopic (exact) mass is 716 g/mol. The van der Waals surface area contributed by atoms with Crippen molar-refractivity contribution in [2.75, 3.05) is 0 Å². The molecule has 0 aliphatic carbocycles. The second-order valence-electron chi connectivity index (χ2n) is 14.1. The topological polar surface area (TPSA) is 35.0 Å². The molecule has 0 saturated heterocycles. The summed E-state index contributed by atoms with van der Waals surface area (Å²) in [7, 11) is 0. The summed E-state index contributed by atoms with van der Waals surface area (Å²) >= 11 is 0. The Labute approximate surface area is 327 Å². The first-order valence-electron chi connectivity index (χ1n) is 19.0. The molecule has 1 aliphatic rings. The highest BCUT2D eigenvalue weighted by molar-refractivity contribution is 5.80. The predicted molar refractivity (Wildman–Crippen MR) is 228 cm³/mol. The number of hydrogen-bond donors (Lipinski definition) is 0. The standard InChI is InChI=1S/C53H36N2O/c1-4-16-37(17-5-1)39-28-32-41(33-29-39)48-36-49(55-52(54-48)42-34-30-40(31-35-42)38-18-6-2-7-19-38)44-22-10-11-23-45(44)53(43-20-8-3-9-21-43)46-24-12-14-26-50(46)56-51-27-15-13-25-47(51)53/h1-36H. The highest BCUT2D eigenvalue weighted by atomic mass is 16.5. The molecule has 0 amide bonds. The maximum absolute atomic E-state index is 6.63. The molecule has 2 heterocycles. The van der Waals surface area contributed by atoms with E-state index in [1.807, 2.05) is 24.3 Å². The molecule has 3 nitrogen and oxygen atoms in total. The van der Waals surface area contributed by atoms with Crippen LogP contribution < -0.4 is 4.74 Å². The number of para-hydroxylation sites is 2. The molecule has 1 aromatic heterocycles. The molecule has 56 heavy (non-hydrogen) atoms. The van der Waals surface area contributed by atoms with Gasteiger partial charge >= 0.3 is 0 Å². The summed E-state index contributed by atoms with van der Waals surface area (Å²) in [4.78, 5) is 10.7. The fourth-order valence-electron chi connectivity index (χ4n) is 8.24. The van der Waals surface area contributed by atoms with Gasteiger partial charge in [0.1, 0.15) is 11.5 Å². The summed E-state index contributed by atoms with van der Waals surface area (Å²) in [6.45, 7) is 0. The highest BCUT2D eigenvalue weighted by Gasteiger charge is 2.46. The quantitative estimate of drug-likeness (QED) is 0.165. The lowest BCUT2D eigenvalue weighted by Crippen LogP contribution is -2.34. The molecule has 10 rings (SSSR count). The van der Waals surface area contributed by atoms with Gasteiger partial charge in [-0.25, -0.2) is 9.97 Å². The molecule has 8 aromatic carbocycles. The van der Waals surface area contributed by atoms with Crippen LogP contribution in [-0.4, -0.2) is 9.97 Å². The summed E-state index contributed by atoms with van der Waals surface area (Å²) in [5.74, 6) is 2.34. The number of benzene rings is 8. The Kier molecular flexibility index (Phi) is 8.38. The van der Waals surface area contributed by atoms with Gasteiger partial charge < -0.3 is 4.74 Å². The van der Waals surface area contributed by atoms with E-state index in [4.69, 9.17) is 14.7 Å². The molecule has 0 saturated carbocycles. The van der Waals surface area contributed by atoms with Crippen LogP contribution in [0.2, 0.25) is 0 Å². The summed E-state index contributed by atoms with van der Waals surface area (Å²) in [5, 5.41) is 0. The lowest BCUT2D eigenvalue weighted by atomic mass is 9.62. The molecule has 0 unspecified atom stereocenters. The summed E-state index contributed by atoms with van der Waals surface area (Å²) < 4.78 is 6.63. The lowest BCUT2D eigenvalue weighted by molar-refractivity contribution is 0.434. The van der Waals surface area contributed by atoms with Gasteiger partial charge in [-0.3, -0.25) is 0 Å². The fourth-order valence-corrected chi connectivity index (χ4v) is 8.24. The molecule has 0 bridgehead atoms. The predicted octanol–water partition coefficient (Wildman–Crippen LogP) is 13.3. The van der Waals surface area contributed by atoms with Crippen LogP contribution in [-0.2, 0) is 5.41 Å². The number of nitrogens with zero attached hydrogens (tertiary/aromatic N) is 2. The van der Waals surface area contributed by atoms with Gasteiger partial charge in [-0.15, -0.1) is 0 Å². The van der Waals surface area contributed by atoms with Crippen molar-refractivity contribution in [3.05, 3.63) is 241 Å². The molecule has 0 atom stereocenters. The van der Waals surface area contributed by atoms with Gasteiger partial charge in [0, 0.05) is 27.8 Å². The van der Waals surface area contributed by atoms with E-state index in [1.165, 1.54) is 11.1 Å². The van der Waals surface area contributed by atoms with Crippen LogP contribution >= 0.6 is 0 Å². The summed E-state index contributed by atoms with van der Waals surface area (Å²) in [5.41, 5.74) is 13.1. The van der Waals surface area contributed by atoms with Crippen LogP contribution in [0.3, 0.4) is 0 Å². The Balaban J connectivity index is 1.20. The van der Waals surface area contributed by atoms with E-state index >= 15 is 0 Å². The molecule has 0 radical (unpaired) electrons. The van der Waals surface area contributed by atoms with Crippen molar-refractivity contribution in [1.82, 2.24) is 9.97 Å². The maximum atomic E-state index is 6.63. The van der Waals surface area contributed by atoms with Crippen molar-refractivity contribution in [1.29, 1.82) is 0 Å². The van der Waals surface area contributed by atoms with E-state index in [0.29, 0.717) is 5.82 Å². The van der Waals surface area contributed by atoms with E-state index < -0.39 is 5.41 Å². The van der Waals surface area contributed by atoms with Gasteiger partial charge in [-0.2, -0.15) is 0 Å². The van der Waals surface area contributed by atoms with Gasteiger partial charge in [0.05, 0.1) is 16.8 Å². The van der Waals surface area contributed by atoms with E-state index in [0.717, 1.165) is 73.0 Å². The SMILES string of the molecule is c1ccc(-c2ccc(-c3cc(-c4ccccc4C4(c5ccccc5)c5ccccc5Oc5ccccc54)nc(-c4ccc(-c5ccccc5)cc4)n3)cc2)cc1. The third kappa shape index (κ3) is 5.78. The number of rotatable bonds is 7. The minimum absolute atomic E-state index is 0.667. The number of ether oxygens (including phenoxy) is 1. The molecule has 9 aromatic rings. The molecular weight excluding hydrogens is 681 g/mol. The average Bonchev–Trinajstić information content (AvgIpc) is 3.29. The van der Waals surface area contributed by atoms with Crippen molar-refractivity contribution in [3.63, 3.8) is 0 Å². The Morgan fingerprint density at radius 3 is 1.30 bits per heavy atom. The zero-order valence-electron chi connectivity index (χ0n) is 30.6. The summed E-state index contributed by atoms with van der Waals surface area (Å²) in [6, 6.07) is 76.7. The van der Waals surface area contributed by atoms with Crippen LogP contribution in [0.1, 0.15) is 22.3 Å².